The summed E-state index contributed by atoms with van der Waals surface area (Å²) in [6, 6.07) is 9.97. The van der Waals surface area contributed by atoms with Crippen molar-refractivity contribution in [2.45, 2.75) is 50.6 Å². The molecule has 6 nitrogen and oxygen atoms in total. The number of thioether (sulfide) groups is 1. The lowest BCUT2D eigenvalue weighted by molar-refractivity contribution is -0.121. The van der Waals surface area contributed by atoms with Gasteiger partial charge >= 0.3 is 0 Å². The molecule has 0 aliphatic heterocycles. The van der Waals surface area contributed by atoms with Gasteiger partial charge in [-0.25, -0.2) is 9.97 Å². The summed E-state index contributed by atoms with van der Waals surface area (Å²) in [6.07, 6.45) is 0. The van der Waals surface area contributed by atoms with E-state index in [0.29, 0.717) is 5.16 Å². The van der Waals surface area contributed by atoms with E-state index in [1.54, 1.807) is 13.8 Å². The molecule has 1 amide bonds. The molecule has 2 rings (SSSR count). The summed E-state index contributed by atoms with van der Waals surface area (Å²) >= 11 is 1.29. The predicted octanol–water partition coefficient (Wildman–Crippen LogP) is 3.60. The van der Waals surface area contributed by atoms with E-state index in [0.717, 1.165) is 23.3 Å². The van der Waals surface area contributed by atoms with Crippen LogP contribution >= 0.6 is 11.8 Å². The maximum atomic E-state index is 12.5. The number of carbonyl (C=O) groups is 1. The van der Waals surface area contributed by atoms with Crippen molar-refractivity contribution in [1.82, 2.24) is 15.3 Å². The van der Waals surface area contributed by atoms with Gasteiger partial charge in [-0.05, 0) is 38.8 Å². The van der Waals surface area contributed by atoms with Crippen LogP contribution in [-0.4, -0.2) is 33.2 Å². The van der Waals surface area contributed by atoms with Crippen molar-refractivity contribution >= 4 is 34.4 Å². The van der Waals surface area contributed by atoms with Crippen LogP contribution < -0.4 is 10.6 Å². The first-order valence-corrected chi connectivity index (χ1v) is 9.59. The van der Waals surface area contributed by atoms with E-state index in [-0.39, 0.29) is 11.8 Å². The van der Waals surface area contributed by atoms with Crippen LogP contribution in [0.4, 0.5) is 5.82 Å². The first-order valence-electron chi connectivity index (χ1n) is 8.71. The molecule has 1 aromatic carbocycles. The third kappa shape index (κ3) is 4.44. The van der Waals surface area contributed by atoms with Crippen LogP contribution in [0.5, 0.6) is 0 Å². The minimum Gasteiger partial charge on any atom is -0.370 e. The molecule has 2 aromatic rings. The highest BCUT2D eigenvalue weighted by atomic mass is 32.2. The van der Waals surface area contributed by atoms with Crippen molar-refractivity contribution in [3.05, 3.63) is 24.3 Å². The van der Waals surface area contributed by atoms with Crippen molar-refractivity contribution in [2.75, 3.05) is 11.9 Å². The quantitative estimate of drug-likeness (QED) is 0.571. The Morgan fingerprint density at radius 2 is 2.00 bits per heavy atom. The monoisotopic (exact) mass is 371 g/mol. The van der Waals surface area contributed by atoms with Crippen molar-refractivity contribution in [1.29, 1.82) is 5.26 Å². The lowest BCUT2D eigenvalue weighted by atomic mass is 9.90. The van der Waals surface area contributed by atoms with E-state index >= 15 is 0 Å². The maximum absolute atomic E-state index is 12.5. The summed E-state index contributed by atoms with van der Waals surface area (Å²) < 4.78 is 0. The second-order valence-corrected chi connectivity index (χ2v) is 7.93. The van der Waals surface area contributed by atoms with E-state index in [2.05, 4.69) is 26.7 Å². The minimum absolute atomic E-state index is 0.00549. The Morgan fingerprint density at radius 1 is 1.31 bits per heavy atom. The number of nitrogens with zero attached hydrogens (tertiary/aromatic N) is 3. The van der Waals surface area contributed by atoms with Gasteiger partial charge in [0.05, 0.1) is 16.8 Å². The Hall–Kier alpha value is -2.33. The molecular formula is C19H25N5OS. The van der Waals surface area contributed by atoms with Crippen LogP contribution in [0, 0.1) is 17.2 Å². The van der Waals surface area contributed by atoms with Gasteiger partial charge in [-0.2, -0.15) is 5.26 Å². The molecule has 0 aliphatic carbocycles. The number of fused-ring (bicyclic) bond motifs is 1. The SMILES string of the molecule is CCNc1nc(SC(C)C(=O)NC(C)(C#N)C(C)C)nc2ccccc12. The number of anilines is 1. The Morgan fingerprint density at radius 3 is 2.62 bits per heavy atom. The number of aromatic nitrogens is 2. The van der Waals surface area contributed by atoms with E-state index in [9.17, 15) is 10.1 Å². The van der Waals surface area contributed by atoms with Crippen molar-refractivity contribution in [3.63, 3.8) is 0 Å². The summed E-state index contributed by atoms with van der Waals surface area (Å²) in [5.41, 5.74) is -0.0666. The smallest absolute Gasteiger partial charge is 0.234 e. The van der Waals surface area contributed by atoms with Crippen LogP contribution in [-0.2, 0) is 4.79 Å². The average molecular weight is 372 g/mol. The first-order chi connectivity index (χ1) is 12.3. The third-order valence-corrected chi connectivity index (χ3v) is 5.31. The lowest BCUT2D eigenvalue weighted by Gasteiger charge is -2.28. The van der Waals surface area contributed by atoms with Crippen LogP contribution in [0.1, 0.15) is 34.6 Å². The summed E-state index contributed by atoms with van der Waals surface area (Å²) in [5, 5.41) is 16.5. The molecule has 2 atom stereocenters. The van der Waals surface area contributed by atoms with Gasteiger partial charge in [0.1, 0.15) is 11.4 Å². The molecule has 2 unspecified atom stereocenters. The average Bonchev–Trinajstić information content (AvgIpc) is 2.61. The third-order valence-electron chi connectivity index (χ3n) is 4.35. The van der Waals surface area contributed by atoms with Gasteiger partial charge in [0, 0.05) is 11.9 Å². The second kappa shape index (κ2) is 8.37. The molecule has 26 heavy (non-hydrogen) atoms. The number of hydrogen-bond donors (Lipinski definition) is 2. The summed E-state index contributed by atoms with van der Waals surface area (Å²) in [4.78, 5) is 21.7. The van der Waals surface area contributed by atoms with Gasteiger partial charge in [-0.3, -0.25) is 4.79 Å². The summed E-state index contributed by atoms with van der Waals surface area (Å²) in [6.45, 7) is 10.1. The van der Waals surface area contributed by atoms with Gasteiger partial charge in [0.2, 0.25) is 5.91 Å². The molecule has 0 bridgehead atoms. The Kier molecular flexibility index (Phi) is 6.43. The standard InChI is InChI=1S/C19H25N5OS/c1-6-21-16-14-9-7-8-10-15(14)22-18(23-16)26-13(4)17(25)24-19(5,11-20)12(2)3/h7-10,12-13H,6H2,1-5H3,(H,24,25)(H,21,22,23). The molecule has 0 saturated carbocycles. The molecular weight excluding hydrogens is 346 g/mol. The molecule has 1 aromatic heterocycles. The highest BCUT2D eigenvalue weighted by molar-refractivity contribution is 8.00. The van der Waals surface area contributed by atoms with Crippen molar-refractivity contribution in [2.24, 2.45) is 5.92 Å². The molecule has 7 heteroatoms. The number of nitriles is 1. The molecule has 0 spiro atoms. The maximum Gasteiger partial charge on any atom is 0.234 e. The number of carbonyl (C=O) groups excluding carboxylic acids is 1. The highest BCUT2D eigenvalue weighted by Crippen LogP contribution is 2.27. The van der Waals surface area contributed by atoms with Gasteiger partial charge in [-0.1, -0.05) is 37.7 Å². The van der Waals surface area contributed by atoms with Crippen LogP contribution in [0.15, 0.2) is 29.4 Å². The Balaban J connectivity index is 2.22. The highest BCUT2D eigenvalue weighted by Gasteiger charge is 2.32. The minimum atomic E-state index is -0.898. The van der Waals surface area contributed by atoms with E-state index < -0.39 is 10.8 Å². The lowest BCUT2D eigenvalue weighted by Crippen LogP contribution is -2.51. The first kappa shape index (κ1) is 20.0. The zero-order chi connectivity index (χ0) is 19.3. The molecule has 0 radical (unpaired) electrons. The summed E-state index contributed by atoms with van der Waals surface area (Å²) in [5.74, 6) is 0.567. The number of amides is 1. The molecule has 0 aliphatic rings. The van der Waals surface area contributed by atoms with E-state index in [4.69, 9.17) is 0 Å². The number of benzene rings is 1. The van der Waals surface area contributed by atoms with E-state index in [1.165, 1.54) is 11.8 Å². The predicted molar refractivity (Wildman–Crippen MR) is 106 cm³/mol. The number of rotatable bonds is 7. The fourth-order valence-electron chi connectivity index (χ4n) is 2.28. The summed E-state index contributed by atoms with van der Waals surface area (Å²) in [7, 11) is 0. The van der Waals surface area contributed by atoms with Crippen LogP contribution in [0.3, 0.4) is 0 Å². The van der Waals surface area contributed by atoms with Crippen molar-refractivity contribution in [3.8, 4) is 6.07 Å². The van der Waals surface area contributed by atoms with Gasteiger partial charge < -0.3 is 10.6 Å². The number of hydrogen-bond acceptors (Lipinski definition) is 6. The molecule has 0 saturated heterocycles. The normalized spacial score (nSPS) is 14.5. The molecule has 0 fully saturated rings. The Labute approximate surface area is 158 Å². The van der Waals surface area contributed by atoms with Crippen LogP contribution in [0.25, 0.3) is 10.9 Å². The van der Waals surface area contributed by atoms with E-state index in [1.807, 2.05) is 45.0 Å². The largest absolute Gasteiger partial charge is 0.370 e. The molecule has 138 valence electrons. The number of para-hydroxylation sites is 1. The van der Waals surface area contributed by atoms with Crippen molar-refractivity contribution < 1.29 is 4.79 Å². The van der Waals surface area contributed by atoms with Gasteiger partial charge in [0.25, 0.3) is 0 Å². The molecule has 1 heterocycles. The topological polar surface area (TPSA) is 90.7 Å². The van der Waals surface area contributed by atoms with Gasteiger partial charge in [-0.15, -0.1) is 0 Å². The fraction of sp³-hybridized carbons (Fsp3) is 0.474. The molecule has 2 N–H and O–H groups in total. The van der Waals surface area contributed by atoms with Gasteiger partial charge in [0.15, 0.2) is 5.16 Å². The second-order valence-electron chi connectivity index (χ2n) is 6.62. The fourth-order valence-corrected chi connectivity index (χ4v) is 3.06. The zero-order valence-corrected chi connectivity index (χ0v) is 16.6. The Bertz CT molecular complexity index is 832. The zero-order valence-electron chi connectivity index (χ0n) is 15.8. The van der Waals surface area contributed by atoms with Crippen LogP contribution in [0.2, 0.25) is 0 Å². The number of nitrogens with one attached hydrogen (secondary N) is 2.